The fourth-order valence-electron chi connectivity index (χ4n) is 3.19. The summed E-state index contributed by atoms with van der Waals surface area (Å²) in [5.41, 5.74) is 2.89. The van der Waals surface area contributed by atoms with Gasteiger partial charge in [0, 0.05) is 17.3 Å². The average molecular weight is 560 g/mol. The second-order valence-corrected chi connectivity index (χ2v) is 11.6. The van der Waals surface area contributed by atoms with Crippen molar-refractivity contribution in [3.63, 3.8) is 0 Å². The van der Waals surface area contributed by atoms with Gasteiger partial charge in [0.15, 0.2) is 5.82 Å². The molecule has 0 spiro atoms. The predicted octanol–water partition coefficient (Wildman–Crippen LogP) is 4.45. The van der Waals surface area contributed by atoms with Crippen molar-refractivity contribution in [2.24, 2.45) is 5.92 Å². The molecule has 1 heterocycles. The molecule has 1 saturated carbocycles. The summed E-state index contributed by atoms with van der Waals surface area (Å²) in [6, 6.07) is 6.46. The van der Waals surface area contributed by atoms with Crippen molar-refractivity contribution in [3.05, 3.63) is 51.5 Å². The maximum Gasteiger partial charge on any atom is 0.277 e. The van der Waals surface area contributed by atoms with Crippen LogP contribution in [0.4, 0.5) is 15.8 Å². The van der Waals surface area contributed by atoms with E-state index in [1.165, 1.54) is 17.0 Å². The highest BCUT2D eigenvalue weighted by molar-refractivity contribution is 9.10. The van der Waals surface area contributed by atoms with Gasteiger partial charge in [-0.05, 0) is 43.0 Å². The maximum atomic E-state index is 15.6. The molecule has 1 aliphatic carbocycles. The van der Waals surface area contributed by atoms with E-state index < -0.39 is 21.6 Å². The number of nitrogens with zero attached hydrogens (tertiary/aromatic N) is 2. The monoisotopic (exact) mass is 558 g/mol. The molecule has 4 rings (SSSR count). The molecule has 12 heteroatoms. The van der Waals surface area contributed by atoms with E-state index in [4.69, 9.17) is 16.4 Å². The van der Waals surface area contributed by atoms with E-state index >= 15 is 4.39 Å². The maximum absolute atomic E-state index is 15.6. The number of halogens is 3. The van der Waals surface area contributed by atoms with Gasteiger partial charge in [0.25, 0.3) is 5.91 Å². The summed E-state index contributed by atoms with van der Waals surface area (Å²) in [7, 11) is -3.25. The third-order valence-corrected chi connectivity index (χ3v) is 6.91. The third kappa shape index (κ3) is 5.84. The number of nitrogens with one attached hydrogen (secondary N) is 2. The lowest BCUT2D eigenvalue weighted by molar-refractivity contribution is 0.0271. The van der Waals surface area contributed by atoms with E-state index in [0.717, 1.165) is 23.6 Å². The van der Waals surface area contributed by atoms with E-state index in [2.05, 4.69) is 31.7 Å². The number of anilines is 2. The zero-order valence-electron chi connectivity index (χ0n) is 17.6. The predicted molar refractivity (Wildman–Crippen MR) is 128 cm³/mol. The van der Waals surface area contributed by atoms with Crippen LogP contribution in [0.25, 0.3) is 11.0 Å². The van der Waals surface area contributed by atoms with Crippen LogP contribution < -0.4 is 10.8 Å². The number of hydroxylamine groups is 1. The highest BCUT2D eigenvalue weighted by Gasteiger charge is 2.25. The number of imidazole rings is 1. The van der Waals surface area contributed by atoms with Crippen molar-refractivity contribution in [2.75, 3.05) is 23.9 Å². The molecule has 8 nitrogen and oxygen atoms in total. The molecule has 0 aliphatic heterocycles. The van der Waals surface area contributed by atoms with E-state index in [1.807, 2.05) is 0 Å². The molecular formula is C21H21BrClFN4O4S. The molecule has 33 heavy (non-hydrogen) atoms. The number of hydrogen-bond donors (Lipinski definition) is 2. The summed E-state index contributed by atoms with van der Waals surface area (Å²) < 4.78 is 41.0. The van der Waals surface area contributed by atoms with Crippen LogP contribution in [0.15, 0.2) is 35.1 Å². The Bertz CT molecular complexity index is 1330. The number of fused-ring (bicyclic) bond motifs is 1. The quantitative estimate of drug-likeness (QED) is 0.376. The molecule has 0 saturated heterocycles. The lowest BCUT2D eigenvalue weighted by atomic mass is 10.1. The van der Waals surface area contributed by atoms with Gasteiger partial charge >= 0.3 is 0 Å². The van der Waals surface area contributed by atoms with E-state index in [1.54, 1.807) is 18.2 Å². The Labute approximate surface area is 203 Å². The van der Waals surface area contributed by atoms with Crippen LogP contribution in [0.5, 0.6) is 0 Å². The van der Waals surface area contributed by atoms with Crippen molar-refractivity contribution < 1.29 is 22.4 Å². The van der Waals surface area contributed by atoms with Crippen LogP contribution in [0, 0.1) is 11.7 Å². The van der Waals surface area contributed by atoms with Gasteiger partial charge in [-0.2, -0.15) is 0 Å². The van der Waals surface area contributed by atoms with Crippen molar-refractivity contribution in [2.45, 2.75) is 19.4 Å². The first-order valence-electron chi connectivity index (χ1n) is 10.1. The lowest BCUT2D eigenvalue weighted by Crippen LogP contribution is -2.26. The molecule has 176 valence electrons. The summed E-state index contributed by atoms with van der Waals surface area (Å²) in [5, 5.41) is 3.22. The molecule has 2 aromatic carbocycles. The van der Waals surface area contributed by atoms with Crippen LogP contribution in [-0.2, 0) is 21.2 Å². The standard InChI is InChI=1S/C21H21BrClFN4O4S/c1-33(30,31)7-6-28-11-25-20-17(28)9-14(21(29)27-32-10-12-2-3-12)19(18(20)24)26-16-5-4-13(22)8-15(16)23/h4-5,8-9,11-12,26H,2-3,6-7,10H2,1H3,(H,27,29). The minimum absolute atomic E-state index is 0.00492. The fourth-order valence-corrected chi connectivity index (χ4v) is 4.44. The Kier molecular flexibility index (Phi) is 6.94. The number of carbonyl (C=O) groups is 1. The molecule has 0 radical (unpaired) electrons. The topological polar surface area (TPSA) is 102 Å². The number of amides is 1. The highest BCUT2D eigenvalue weighted by atomic mass is 79.9. The summed E-state index contributed by atoms with van der Waals surface area (Å²) in [4.78, 5) is 22.3. The minimum atomic E-state index is -3.25. The second kappa shape index (κ2) is 9.57. The van der Waals surface area contributed by atoms with E-state index in [9.17, 15) is 13.2 Å². The number of sulfone groups is 1. The zero-order valence-corrected chi connectivity index (χ0v) is 20.7. The first-order valence-corrected chi connectivity index (χ1v) is 13.3. The molecule has 0 atom stereocenters. The lowest BCUT2D eigenvalue weighted by Gasteiger charge is -2.15. The van der Waals surface area contributed by atoms with E-state index in [0.29, 0.717) is 23.2 Å². The van der Waals surface area contributed by atoms with Crippen molar-refractivity contribution in [1.82, 2.24) is 15.0 Å². The number of aryl methyl sites for hydroxylation is 1. The Balaban J connectivity index is 1.74. The first kappa shape index (κ1) is 23.9. The number of carbonyl (C=O) groups excluding carboxylic acids is 1. The SMILES string of the molecule is CS(=O)(=O)CCn1cnc2c(F)c(Nc3ccc(Br)cc3Cl)c(C(=O)NOCC3CC3)cc21. The molecule has 3 aromatic rings. The molecule has 2 N–H and O–H groups in total. The van der Waals surface area contributed by atoms with E-state index in [-0.39, 0.29) is 34.6 Å². The smallest absolute Gasteiger partial charge is 0.277 e. The summed E-state index contributed by atoms with van der Waals surface area (Å²) in [5.74, 6) is -1.15. The summed E-state index contributed by atoms with van der Waals surface area (Å²) in [6.07, 6.45) is 4.56. The molecule has 0 bridgehead atoms. The van der Waals surface area contributed by atoms with Crippen LogP contribution in [0.3, 0.4) is 0 Å². The Morgan fingerprint density at radius 3 is 2.79 bits per heavy atom. The molecule has 1 aromatic heterocycles. The molecule has 1 aliphatic rings. The Morgan fingerprint density at radius 2 is 2.12 bits per heavy atom. The van der Waals surface area contributed by atoms with Gasteiger partial charge < -0.3 is 9.88 Å². The Morgan fingerprint density at radius 1 is 1.36 bits per heavy atom. The van der Waals surface area contributed by atoms with Gasteiger partial charge in [-0.15, -0.1) is 0 Å². The largest absolute Gasteiger partial charge is 0.351 e. The highest BCUT2D eigenvalue weighted by Crippen LogP contribution is 2.34. The zero-order chi connectivity index (χ0) is 23.8. The number of hydrogen-bond acceptors (Lipinski definition) is 6. The number of rotatable bonds is 9. The van der Waals surface area contributed by atoms with Crippen LogP contribution >= 0.6 is 27.5 Å². The number of aromatic nitrogens is 2. The molecule has 0 unspecified atom stereocenters. The van der Waals surface area contributed by atoms with Gasteiger partial charge in [-0.1, -0.05) is 27.5 Å². The van der Waals surface area contributed by atoms with Crippen LogP contribution in [0.1, 0.15) is 23.2 Å². The minimum Gasteiger partial charge on any atom is -0.351 e. The van der Waals surface area contributed by atoms with Crippen LogP contribution in [-0.4, -0.2) is 42.5 Å². The fraction of sp³-hybridized carbons (Fsp3) is 0.333. The van der Waals surface area contributed by atoms with Gasteiger partial charge in [0.1, 0.15) is 15.4 Å². The van der Waals surface area contributed by atoms with Gasteiger partial charge in [-0.25, -0.2) is 23.3 Å². The summed E-state index contributed by atoms with van der Waals surface area (Å²) in [6.45, 7) is 0.448. The number of benzene rings is 2. The van der Waals surface area contributed by atoms with Gasteiger partial charge in [0.2, 0.25) is 0 Å². The molecule has 1 amide bonds. The Hall–Kier alpha value is -2.21. The van der Waals surface area contributed by atoms with Gasteiger partial charge in [0.05, 0.1) is 46.2 Å². The van der Waals surface area contributed by atoms with Crippen LogP contribution in [0.2, 0.25) is 5.02 Å². The van der Waals surface area contributed by atoms with Crippen molar-refractivity contribution in [3.8, 4) is 0 Å². The van der Waals surface area contributed by atoms with Crippen molar-refractivity contribution >= 4 is 65.7 Å². The third-order valence-electron chi connectivity index (χ3n) is 5.18. The average Bonchev–Trinajstić information content (AvgIpc) is 3.47. The normalized spacial score (nSPS) is 13.9. The molecule has 1 fully saturated rings. The van der Waals surface area contributed by atoms with Crippen molar-refractivity contribution in [1.29, 1.82) is 0 Å². The first-order chi connectivity index (χ1) is 15.6. The molecular weight excluding hydrogens is 539 g/mol. The summed E-state index contributed by atoms with van der Waals surface area (Å²) >= 11 is 9.60. The second-order valence-electron chi connectivity index (χ2n) is 7.98. The van der Waals surface area contributed by atoms with Gasteiger partial charge in [-0.3, -0.25) is 9.63 Å².